The maximum atomic E-state index is 13.6. The van der Waals surface area contributed by atoms with Gasteiger partial charge in [0.1, 0.15) is 17.2 Å². The molecule has 1 fully saturated rings. The minimum atomic E-state index is -0.828. The molecule has 1 atom stereocenters. The number of carbonyl (C=O) groups excluding carboxylic acids is 2. The molecule has 32 heavy (non-hydrogen) atoms. The molecule has 3 heterocycles. The molecule has 3 aromatic rings. The lowest BCUT2D eigenvalue weighted by molar-refractivity contribution is -0.140. The van der Waals surface area contributed by atoms with Gasteiger partial charge in [-0.15, -0.1) is 0 Å². The lowest BCUT2D eigenvalue weighted by atomic mass is 9.96. The molecule has 0 spiro atoms. The van der Waals surface area contributed by atoms with Crippen molar-refractivity contribution in [2.75, 3.05) is 27.2 Å². The first kappa shape index (κ1) is 21.7. The average Bonchev–Trinajstić information content (AvgIpc) is 3.21. The Morgan fingerprint density at radius 3 is 2.50 bits per heavy atom. The average molecular weight is 436 g/mol. The number of benzene rings is 1. The number of amides is 1. The van der Waals surface area contributed by atoms with Gasteiger partial charge in [-0.05, 0) is 57.3 Å². The van der Waals surface area contributed by atoms with Gasteiger partial charge in [0.25, 0.3) is 11.7 Å². The number of Topliss-reactive ketones (excluding diaryl/α,β-unsaturated/α-hetero) is 1. The molecule has 7 nitrogen and oxygen atoms in total. The van der Waals surface area contributed by atoms with Gasteiger partial charge >= 0.3 is 0 Å². The summed E-state index contributed by atoms with van der Waals surface area (Å²) in [4.78, 5) is 34.0. The Balaban J connectivity index is 1.94. The number of rotatable bonds is 5. The summed E-state index contributed by atoms with van der Waals surface area (Å²) in [6.07, 6.45) is 1.76. The normalized spacial score (nSPS) is 18.3. The number of likely N-dealkylation sites (N-methyl/N-ethyl adjacent to an activating group) is 1. The van der Waals surface area contributed by atoms with Crippen LogP contribution in [0, 0.1) is 19.7 Å². The summed E-state index contributed by atoms with van der Waals surface area (Å²) in [5.41, 5.74) is 3.00. The van der Waals surface area contributed by atoms with Crippen LogP contribution in [0.2, 0.25) is 0 Å². The van der Waals surface area contributed by atoms with Gasteiger partial charge in [-0.1, -0.05) is 18.2 Å². The fraction of sp³-hybridized carbons (Fsp3) is 0.292. The molecule has 1 amide bonds. The van der Waals surface area contributed by atoms with E-state index in [1.807, 2.05) is 38.1 Å². The molecule has 8 heteroatoms. The fourth-order valence-electron chi connectivity index (χ4n) is 4.14. The minimum Gasteiger partial charge on any atom is -0.505 e. The van der Waals surface area contributed by atoms with Gasteiger partial charge in [0.15, 0.2) is 5.76 Å². The van der Waals surface area contributed by atoms with E-state index in [2.05, 4.69) is 4.98 Å². The molecule has 2 aromatic heterocycles. The molecule has 166 valence electrons. The molecule has 0 saturated carbocycles. The van der Waals surface area contributed by atoms with E-state index in [4.69, 9.17) is 0 Å². The Kier molecular flexibility index (Phi) is 5.56. The highest BCUT2D eigenvalue weighted by molar-refractivity contribution is 6.46. The molecular weight excluding hydrogens is 411 g/mol. The maximum absolute atomic E-state index is 13.6. The largest absolute Gasteiger partial charge is 0.505 e. The van der Waals surface area contributed by atoms with Crippen LogP contribution in [-0.2, 0) is 9.59 Å². The van der Waals surface area contributed by atoms with Gasteiger partial charge in [-0.25, -0.2) is 9.37 Å². The SMILES string of the molecule is Cc1nc2c(C)cccn2c1/C(O)=C1\C(=O)C(=O)N(CCN(C)C)[C@@H]1c1ccc(F)cc1. The lowest BCUT2D eigenvalue weighted by Gasteiger charge is -2.26. The number of pyridine rings is 1. The van der Waals surface area contributed by atoms with Crippen LogP contribution in [0.3, 0.4) is 0 Å². The zero-order chi connectivity index (χ0) is 23.2. The zero-order valence-corrected chi connectivity index (χ0v) is 18.5. The van der Waals surface area contributed by atoms with Gasteiger partial charge in [0.05, 0.1) is 17.3 Å². The molecule has 1 aliphatic heterocycles. The first-order valence-corrected chi connectivity index (χ1v) is 10.3. The van der Waals surface area contributed by atoms with Crippen molar-refractivity contribution in [1.29, 1.82) is 0 Å². The number of hydrogen-bond acceptors (Lipinski definition) is 5. The highest BCUT2D eigenvalue weighted by atomic mass is 19.1. The highest BCUT2D eigenvalue weighted by Gasteiger charge is 2.46. The predicted molar refractivity (Wildman–Crippen MR) is 119 cm³/mol. The van der Waals surface area contributed by atoms with Crippen LogP contribution in [0.1, 0.15) is 28.6 Å². The van der Waals surface area contributed by atoms with E-state index in [1.165, 1.54) is 29.2 Å². The van der Waals surface area contributed by atoms with Crippen LogP contribution in [0.25, 0.3) is 11.4 Å². The van der Waals surface area contributed by atoms with E-state index in [1.54, 1.807) is 17.5 Å². The van der Waals surface area contributed by atoms with Crippen molar-refractivity contribution in [1.82, 2.24) is 19.2 Å². The summed E-state index contributed by atoms with van der Waals surface area (Å²) in [6.45, 7) is 4.46. The van der Waals surface area contributed by atoms with E-state index in [-0.39, 0.29) is 17.9 Å². The number of hydrogen-bond donors (Lipinski definition) is 1. The van der Waals surface area contributed by atoms with Crippen molar-refractivity contribution in [3.63, 3.8) is 0 Å². The molecule has 0 unspecified atom stereocenters. The summed E-state index contributed by atoms with van der Waals surface area (Å²) in [6, 6.07) is 8.54. The van der Waals surface area contributed by atoms with Gasteiger partial charge < -0.3 is 14.9 Å². The van der Waals surface area contributed by atoms with E-state index < -0.39 is 23.5 Å². The smallest absolute Gasteiger partial charge is 0.295 e. The minimum absolute atomic E-state index is 0.0215. The molecule has 0 aliphatic carbocycles. The first-order valence-electron chi connectivity index (χ1n) is 10.3. The molecule has 1 aromatic carbocycles. The number of carbonyl (C=O) groups is 2. The monoisotopic (exact) mass is 436 g/mol. The number of likely N-dealkylation sites (tertiary alicyclic amines) is 1. The second-order valence-electron chi connectivity index (χ2n) is 8.28. The first-order chi connectivity index (χ1) is 15.2. The second-order valence-corrected chi connectivity index (χ2v) is 8.28. The Hall–Kier alpha value is -3.52. The molecule has 1 saturated heterocycles. The van der Waals surface area contributed by atoms with Crippen molar-refractivity contribution in [2.24, 2.45) is 0 Å². The zero-order valence-electron chi connectivity index (χ0n) is 18.5. The lowest BCUT2D eigenvalue weighted by Crippen LogP contribution is -2.35. The number of imidazole rings is 1. The van der Waals surface area contributed by atoms with Crippen molar-refractivity contribution in [3.05, 3.63) is 76.5 Å². The van der Waals surface area contributed by atoms with Gasteiger partial charge in [0.2, 0.25) is 0 Å². The fourth-order valence-corrected chi connectivity index (χ4v) is 4.14. The van der Waals surface area contributed by atoms with Crippen LogP contribution >= 0.6 is 0 Å². The van der Waals surface area contributed by atoms with Crippen LogP contribution < -0.4 is 0 Å². The third-order valence-corrected chi connectivity index (χ3v) is 5.76. The summed E-state index contributed by atoms with van der Waals surface area (Å²) < 4.78 is 15.3. The second kappa shape index (κ2) is 8.20. The number of halogens is 1. The van der Waals surface area contributed by atoms with E-state index in [0.29, 0.717) is 29.1 Å². The predicted octanol–water partition coefficient (Wildman–Crippen LogP) is 3.07. The topological polar surface area (TPSA) is 78.1 Å². The number of nitrogens with zero attached hydrogens (tertiary/aromatic N) is 4. The molecular formula is C24H25FN4O3. The van der Waals surface area contributed by atoms with Crippen molar-refractivity contribution < 1.29 is 19.1 Å². The van der Waals surface area contributed by atoms with Crippen molar-refractivity contribution >= 4 is 23.1 Å². The summed E-state index contributed by atoms with van der Waals surface area (Å²) >= 11 is 0. The maximum Gasteiger partial charge on any atom is 0.295 e. The summed E-state index contributed by atoms with van der Waals surface area (Å²) in [5, 5.41) is 11.4. The van der Waals surface area contributed by atoms with E-state index >= 15 is 0 Å². The number of aliphatic hydroxyl groups is 1. The molecule has 0 bridgehead atoms. The Bertz CT molecular complexity index is 1240. The van der Waals surface area contributed by atoms with Gasteiger partial charge in [-0.2, -0.15) is 0 Å². The number of aromatic nitrogens is 2. The molecule has 4 rings (SSSR count). The Labute approximate surface area is 185 Å². The van der Waals surface area contributed by atoms with Gasteiger partial charge in [0, 0.05) is 19.3 Å². The molecule has 1 aliphatic rings. The van der Waals surface area contributed by atoms with Crippen molar-refractivity contribution in [2.45, 2.75) is 19.9 Å². The Morgan fingerprint density at radius 1 is 1.16 bits per heavy atom. The standard InChI is InChI=1S/C24H25FN4O3/c1-14-6-5-11-28-19(15(2)26-23(14)28)21(30)18-20(16-7-9-17(25)10-8-16)29(13-12-27(3)4)24(32)22(18)31/h5-11,20,30H,12-13H2,1-4H3/b21-18+/t20-/m1/s1. The van der Waals surface area contributed by atoms with Crippen LogP contribution in [0.5, 0.6) is 0 Å². The number of fused-ring (bicyclic) bond motifs is 1. The Morgan fingerprint density at radius 2 is 1.84 bits per heavy atom. The molecule has 0 radical (unpaired) electrons. The third kappa shape index (κ3) is 3.56. The van der Waals surface area contributed by atoms with Crippen LogP contribution in [-0.4, -0.2) is 63.2 Å². The quantitative estimate of drug-likeness (QED) is 0.378. The molecule has 1 N–H and O–H groups in total. The number of ketones is 1. The number of aryl methyl sites for hydroxylation is 2. The summed E-state index contributed by atoms with van der Waals surface area (Å²) in [7, 11) is 3.74. The van der Waals surface area contributed by atoms with Crippen LogP contribution in [0.4, 0.5) is 4.39 Å². The highest BCUT2D eigenvalue weighted by Crippen LogP contribution is 2.40. The summed E-state index contributed by atoms with van der Waals surface area (Å²) in [5.74, 6) is -2.17. The number of aliphatic hydroxyl groups excluding tert-OH is 1. The van der Waals surface area contributed by atoms with E-state index in [0.717, 1.165) is 5.56 Å². The van der Waals surface area contributed by atoms with Gasteiger partial charge in [-0.3, -0.25) is 14.0 Å². The van der Waals surface area contributed by atoms with E-state index in [9.17, 15) is 19.1 Å². The van der Waals surface area contributed by atoms with Crippen LogP contribution in [0.15, 0.2) is 48.2 Å². The van der Waals surface area contributed by atoms with Crippen molar-refractivity contribution in [3.8, 4) is 0 Å². The third-order valence-electron chi connectivity index (χ3n) is 5.76.